The van der Waals surface area contributed by atoms with Crippen molar-refractivity contribution in [3.63, 3.8) is 0 Å². The molecule has 1 aromatic rings. The lowest BCUT2D eigenvalue weighted by Gasteiger charge is -2.25. The van der Waals surface area contributed by atoms with E-state index < -0.39 is 0 Å². The summed E-state index contributed by atoms with van der Waals surface area (Å²) in [5.41, 5.74) is 2.82. The maximum absolute atomic E-state index is 5.53. The summed E-state index contributed by atoms with van der Waals surface area (Å²) < 4.78 is 0. The third-order valence-corrected chi connectivity index (χ3v) is 2.85. The van der Waals surface area contributed by atoms with Gasteiger partial charge in [-0.15, -0.1) is 10.2 Å². The van der Waals surface area contributed by atoms with Gasteiger partial charge in [0.25, 0.3) is 0 Å². The summed E-state index contributed by atoms with van der Waals surface area (Å²) in [6.45, 7) is 6.53. The van der Waals surface area contributed by atoms with Crippen LogP contribution < -0.4 is 11.3 Å². The average Bonchev–Trinajstić information content (AvgIpc) is 2.59. The minimum atomic E-state index is 0.189. The van der Waals surface area contributed by atoms with Crippen molar-refractivity contribution in [1.82, 2.24) is 25.6 Å². The van der Waals surface area contributed by atoms with Crippen molar-refractivity contribution >= 4 is 0 Å². The summed E-state index contributed by atoms with van der Waals surface area (Å²) >= 11 is 0. The van der Waals surface area contributed by atoms with Crippen LogP contribution in [-0.4, -0.2) is 26.2 Å². The minimum Gasteiger partial charge on any atom is -0.271 e. The molecule has 0 aromatic carbocycles. The average molecular weight is 212 g/mol. The van der Waals surface area contributed by atoms with E-state index in [0.29, 0.717) is 18.3 Å². The number of hydrogen-bond donors (Lipinski definition) is 2. The zero-order valence-corrected chi connectivity index (χ0v) is 9.81. The number of aromatic nitrogens is 4. The second kappa shape index (κ2) is 5.18. The number of nitrogens with two attached hydrogens (primary N) is 1. The molecule has 0 aliphatic heterocycles. The summed E-state index contributed by atoms with van der Waals surface area (Å²) in [7, 11) is 1.76. The lowest BCUT2D eigenvalue weighted by Crippen LogP contribution is -2.43. The molecule has 3 N–H and O–H groups in total. The standard InChI is InChI=1S/C9H20N6/c1-6(2)7(3)8(11-10)5-9-12-14-15(4)13-9/h6-8,11H,5,10H2,1-4H3. The summed E-state index contributed by atoms with van der Waals surface area (Å²) in [5, 5.41) is 11.9. The predicted molar refractivity (Wildman–Crippen MR) is 57.6 cm³/mol. The molecular weight excluding hydrogens is 192 g/mol. The number of tetrazole rings is 1. The molecule has 0 spiro atoms. The fraction of sp³-hybridized carbons (Fsp3) is 0.889. The number of hydrazine groups is 1. The number of rotatable bonds is 5. The van der Waals surface area contributed by atoms with Gasteiger partial charge in [0.2, 0.25) is 0 Å². The smallest absolute Gasteiger partial charge is 0.176 e. The lowest BCUT2D eigenvalue weighted by molar-refractivity contribution is 0.296. The van der Waals surface area contributed by atoms with Crippen molar-refractivity contribution in [1.29, 1.82) is 0 Å². The van der Waals surface area contributed by atoms with Crippen LogP contribution in [0.1, 0.15) is 26.6 Å². The Bertz CT molecular complexity index is 295. The van der Waals surface area contributed by atoms with E-state index in [1.165, 1.54) is 4.80 Å². The molecule has 0 aliphatic carbocycles. The SMILES string of the molecule is CC(C)C(C)C(Cc1nnn(C)n1)NN. The Morgan fingerprint density at radius 2 is 2.07 bits per heavy atom. The summed E-state index contributed by atoms with van der Waals surface area (Å²) in [6, 6.07) is 0.189. The van der Waals surface area contributed by atoms with Gasteiger partial charge >= 0.3 is 0 Å². The Labute approximate surface area is 90.2 Å². The normalized spacial score (nSPS) is 15.6. The van der Waals surface area contributed by atoms with Gasteiger partial charge < -0.3 is 0 Å². The van der Waals surface area contributed by atoms with E-state index in [9.17, 15) is 0 Å². The largest absolute Gasteiger partial charge is 0.271 e. The fourth-order valence-corrected chi connectivity index (χ4v) is 1.46. The molecule has 2 unspecified atom stereocenters. The Morgan fingerprint density at radius 1 is 1.40 bits per heavy atom. The molecule has 1 heterocycles. The van der Waals surface area contributed by atoms with Gasteiger partial charge in [0.1, 0.15) is 0 Å². The highest BCUT2D eigenvalue weighted by molar-refractivity contribution is 4.86. The molecule has 6 heteroatoms. The molecule has 0 radical (unpaired) electrons. The van der Waals surface area contributed by atoms with Gasteiger partial charge in [-0.1, -0.05) is 20.8 Å². The van der Waals surface area contributed by atoms with E-state index in [4.69, 9.17) is 5.84 Å². The lowest BCUT2D eigenvalue weighted by atomic mass is 9.89. The van der Waals surface area contributed by atoms with Crippen molar-refractivity contribution in [3.05, 3.63) is 5.82 Å². The van der Waals surface area contributed by atoms with Crippen LogP contribution in [0.4, 0.5) is 0 Å². The topological polar surface area (TPSA) is 81.7 Å². The van der Waals surface area contributed by atoms with E-state index in [1.807, 2.05) is 0 Å². The predicted octanol–water partition coefficient (Wildman–Crippen LogP) is -0.123. The van der Waals surface area contributed by atoms with E-state index in [-0.39, 0.29) is 6.04 Å². The highest BCUT2D eigenvalue weighted by atomic mass is 15.6. The van der Waals surface area contributed by atoms with Crippen LogP contribution >= 0.6 is 0 Å². The van der Waals surface area contributed by atoms with Crippen LogP contribution in [0.3, 0.4) is 0 Å². The Morgan fingerprint density at radius 3 is 2.47 bits per heavy atom. The maximum Gasteiger partial charge on any atom is 0.176 e. The van der Waals surface area contributed by atoms with Gasteiger partial charge in [0.15, 0.2) is 5.82 Å². The van der Waals surface area contributed by atoms with E-state index in [2.05, 4.69) is 41.6 Å². The monoisotopic (exact) mass is 212 g/mol. The molecule has 0 saturated heterocycles. The third kappa shape index (κ3) is 3.24. The number of nitrogens with zero attached hydrogens (tertiary/aromatic N) is 4. The van der Waals surface area contributed by atoms with Crippen molar-refractivity contribution in [2.24, 2.45) is 24.7 Å². The zero-order valence-electron chi connectivity index (χ0n) is 9.81. The molecule has 0 bridgehead atoms. The van der Waals surface area contributed by atoms with Crippen molar-refractivity contribution in [2.45, 2.75) is 33.2 Å². The second-order valence-electron chi connectivity index (χ2n) is 4.28. The van der Waals surface area contributed by atoms with Crippen LogP contribution in [0.25, 0.3) is 0 Å². The summed E-state index contributed by atoms with van der Waals surface area (Å²) in [6.07, 6.45) is 0.712. The van der Waals surface area contributed by atoms with Gasteiger partial charge in [-0.2, -0.15) is 4.80 Å². The first kappa shape index (κ1) is 12.1. The number of hydrogen-bond acceptors (Lipinski definition) is 5. The summed E-state index contributed by atoms with van der Waals surface area (Å²) in [5.74, 6) is 7.31. The first-order chi connectivity index (χ1) is 7.04. The second-order valence-corrected chi connectivity index (χ2v) is 4.28. The highest BCUT2D eigenvalue weighted by Crippen LogP contribution is 2.16. The van der Waals surface area contributed by atoms with Crippen LogP contribution in [-0.2, 0) is 13.5 Å². The van der Waals surface area contributed by atoms with Gasteiger partial charge in [-0.25, -0.2) is 0 Å². The highest BCUT2D eigenvalue weighted by Gasteiger charge is 2.21. The molecule has 0 amide bonds. The van der Waals surface area contributed by atoms with Gasteiger partial charge in [0.05, 0.1) is 7.05 Å². The summed E-state index contributed by atoms with van der Waals surface area (Å²) in [4.78, 5) is 1.46. The van der Waals surface area contributed by atoms with Gasteiger partial charge in [-0.3, -0.25) is 11.3 Å². The third-order valence-electron chi connectivity index (χ3n) is 2.85. The van der Waals surface area contributed by atoms with Crippen molar-refractivity contribution in [2.75, 3.05) is 0 Å². The van der Waals surface area contributed by atoms with Crippen LogP contribution in [0.15, 0.2) is 0 Å². The van der Waals surface area contributed by atoms with Crippen LogP contribution in [0, 0.1) is 11.8 Å². The number of nitrogens with one attached hydrogen (secondary N) is 1. The molecule has 0 fully saturated rings. The molecule has 0 aliphatic rings. The first-order valence-corrected chi connectivity index (χ1v) is 5.23. The quantitative estimate of drug-likeness (QED) is 0.525. The first-order valence-electron chi connectivity index (χ1n) is 5.23. The molecule has 2 atom stereocenters. The molecule has 1 aromatic heterocycles. The molecule has 1 rings (SSSR count). The van der Waals surface area contributed by atoms with Crippen LogP contribution in [0.2, 0.25) is 0 Å². The number of aryl methyl sites for hydroxylation is 1. The van der Waals surface area contributed by atoms with Gasteiger partial charge in [0, 0.05) is 12.5 Å². The minimum absolute atomic E-state index is 0.189. The Balaban J connectivity index is 2.61. The maximum atomic E-state index is 5.53. The van der Waals surface area contributed by atoms with E-state index in [1.54, 1.807) is 7.05 Å². The molecule has 15 heavy (non-hydrogen) atoms. The van der Waals surface area contributed by atoms with E-state index in [0.717, 1.165) is 5.82 Å². The van der Waals surface area contributed by atoms with Crippen molar-refractivity contribution < 1.29 is 0 Å². The fourth-order valence-electron chi connectivity index (χ4n) is 1.46. The molecular formula is C9H20N6. The molecule has 6 nitrogen and oxygen atoms in total. The van der Waals surface area contributed by atoms with Gasteiger partial charge in [-0.05, 0) is 17.0 Å². The Hall–Kier alpha value is -1.01. The van der Waals surface area contributed by atoms with E-state index >= 15 is 0 Å². The molecule has 0 saturated carbocycles. The molecule has 86 valence electrons. The zero-order chi connectivity index (χ0) is 11.4. The van der Waals surface area contributed by atoms with Crippen molar-refractivity contribution in [3.8, 4) is 0 Å². The van der Waals surface area contributed by atoms with Crippen LogP contribution in [0.5, 0.6) is 0 Å². The Kier molecular flexibility index (Phi) is 4.16.